The molecule has 1 aliphatic rings. The highest BCUT2D eigenvalue weighted by molar-refractivity contribution is 7.89. The number of nitrogens with zero attached hydrogens (tertiary/aromatic N) is 1. The summed E-state index contributed by atoms with van der Waals surface area (Å²) in [5.74, 6) is -0.745. The third-order valence-electron chi connectivity index (χ3n) is 5.76. The van der Waals surface area contributed by atoms with E-state index in [1.807, 2.05) is 25.1 Å². The van der Waals surface area contributed by atoms with Crippen LogP contribution in [0.5, 0.6) is 0 Å². The average Bonchev–Trinajstić information content (AvgIpc) is 3.32. The van der Waals surface area contributed by atoms with Crippen molar-refractivity contribution in [2.45, 2.75) is 37.3 Å². The van der Waals surface area contributed by atoms with Crippen molar-refractivity contribution >= 4 is 26.9 Å². The number of aromatic amines is 1. The smallest absolute Gasteiger partial charge is 0.339 e. The van der Waals surface area contributed by atoms with Gasteiger partial charge in [-0.25, -0.2) is 13.2 Å². The number of hydrogen-bond donors (Lipinski definition) is 1. The summed E-state index contributed by atoms with van der Waals surface area (Å²) in [7, 11) is -2.95. The SMILES string of the molecule is COC(=O)c1ccccc1S(=O)(=O)N(Cc1cc2cc(C)ccc2[nH]c1=O)C[C@H]1CCCO1. The third kappa shape index (κ3) is 4.85. The molecular formula is C24H26N2O6S. The number of aryl methyl sites for hydroxylation is 1. The van der Waals surface area contributed by atoms with E-state index >= 15 is 0 Å². The first-order chi connectivity index (χ1) is 15.8. The third-order valence-corrected chi connectivity index (χ3v) is 7.63. The number of esters is 1. The Bertz CT molecular complexity index is 1340. The minimum atomic E-state index is -4.15. The molecule has 1 saturated heterocycles. The van der Waals surface area contributed by atoms with E-state index in [1.165, 1.54) is 23.5 Å². The zero-order valence-corrected chi connectivity index (χ0v) is 19.4. The van der Waals surface area contributed by atoms with Gasteiger partial charge in [-0.15, -0.1) is 0 Å². The summed E-state index contributed by atoms with van der Waals surface area (Å²) in [4.78, 5) is 27.7. The van der Waals surface area contributed by atoms with Gasteiger partial charge in [0.1, 0.15) is 0 Å². The lowest BCUT2D eigenvalue weighted by molar-refractivity contribution is 0.0596. The van der Waals surface area contributed by atoms with Crippen LogP contribution in [0.1, 0.15) is 34.3 Å². The zero-order valence-electron chi connectivity index (χ0n) is 18.5. The molecule has 1 atom stereocenters. The van der Waals surface area contributed by atoms with Crippen LogP contribution in [0.4, 0.5) is 0 Å². The molecule has 33 heavy (non-hydrogen) atoms. The molecule has 2 heterocycles. The van der Waals surface area contributed by atoms with Gasteiger partial charge < -0.3 is 14.5 Å². The summed E-state index contributed by atoms with van der Waals surface area (Å²) in [5.41, 5.74) is 1.60. The van der Waals surface area contributed by atoms with E-state index in [0.29, 0.717) is 17.7 Å². The molecule has 174 valence electrons. The van der Waals surface area contributed by atoms with Crippen LogP contribution in [0, 0.1) is 6.92 Å². The first-order valence-electron chi connectivity index (χ1n) is 10.7. The van der Waals surface area contributed by atoms with Crippen LogP contribution in [0.15, 0.2) is 58.2 Å². The molecule has 0 unspecified atom stereocenters. The Morgan fingerprint density at radius 2 is 2.00 bits per heavy atom. The van der Waals surface area contributed by atoms with Crippen molar-refractivity contribution in [1.82, 2.24) is 9.29 Å². The minimum absolute atomic E-state index is 0.0552. The van der Waals surface area contributed by atoms with Crippen LogP contribution in [0.3, 0.4) is 0 Å². The molecule has 0 saturated carbocycles. The van der Waals surface area contributed by atoms with Crippen molar-refractivity contribution in [3.8, 4) is 0 Å². The highest BCUT2D eigenvalue weighted by atomic mass is 32.2. The van der Waals surface area contributed by atoms with Gasteiger partial charge in [0.15, 0.2) is 0 Å². The Labute approximate surface area is 192 Å². The fraction of sp³-hybridized carbons (Fsp3) is 0.333. The maximum atomic E-state index is 13.7. The van der Waals surface area contributed by atoms with Crippen LogP contribution >= 0.6 is 0 Å². The van der Waals surface area contributed by atoms with E-state index in [1.54, 1.807) is 18.2 Å². The fourth-order valence-electron chi connectivity index (χ4n) is 4.05. The number of pyridine rings is 1. The number of hydrogen-bond acceptors (Lipinski definition) is 6. The van der Waals surface area contributed by atoms with Crippen molar-refractivity contribution < 1.29 is 22.7 Å². The van der Waals surface area contributed by atoms with Crippen LogP contribution in [-0.2, 0) is 26.0 Å². The first-order valence-corrected chi connectivity index (χ1v) is 12.2. The van der Waals surface area contributed by atoms with Crippen molar-refractivity contribution in [1.29, 1.82) is 0 Å². The van der Waals surface area contributed by atoms with Gasteiger partial charge in [0, 0.05) is 30.8 Å². The van der Waals surface area contributed by atoms with Gasteiger partial charge in [-0.3, -0.25) is 4.79 Å². The quantitative estimate of drug-likeness (QED) is 0.532. The molecule has 9 heteroatoms. The molecule has 1 N–H and O–H groups in total. The second-order valence-corrected chi connectivity index (χ2v) is 10.0. The normalized spacial score (nSPS) is 16.4. The van der Waals surface area contributed by atoms with Crippen LogP contribution in [0.2, 0.25) is 0 Å². The number of carbonyl (C=O) groups excluding carboxylic acids is 1. The number of benzene rings is 2. The minimum Gasteiger partial charge on any atom is -0.465 e. The lowest BCUT2D eigenvalue weighted by Crippen LogP contribution is -2.39. The van der Waals surface area contributed by atoms with E-state index in [9.17, 15) is 18.0 Å². The second-order valence-electron chi connectivity index (χ2n) is 8.13. The zero-order chi connectivity index (χ0) is 23.6. The Balaban J connectivity index is 1.78. The Morgan fingerprint density at radius 1 is 1.21 bits per heavy atom. The molecular weight excluding hydrogens is 444 g/mol. The highest BCUT2D eigenvalue weighted by Gasteiger charge is 2.33. The van der Waals surface area contributed by atoms with E-state index in [-0.39, 0.29) is 35.2 Å². The lowest BCUT2D eigenvalue weighted by atomic mass is 10.1. The van der Waals surface area contributed by atoms with Gasteiger partial charge in [-0.05, 0) is 55.5 Å². The Hall–Kier alpha value is -3.01. The summed E-state index contributed by atoms with van der Waals surface area (Å²) in [6.45, 7) is 2.43. The van der Waals surface area contributed by atoms with Gasteiger partial charge in [0.05, 0.1) is 23.7 Å². The molecule has 8 nitrogen and oxygen atoms in total. The molecule has 3 aromatic rings. The first kappa shape index (κ1) is 23.2. The predicted molar refractivity (Wildman–Crippen MR) is 124 cm³/mol. The second kappa shape index (κ2) is 9.46. The largest absolute Gasteiger partial charge is 0.465 e. The van der Waals surface area contributed by atoms with E-state index in [4.69, 9.17) is 9.47 Å². The van der Waals surface area contributed by atoms with Crippen molar-refractivity contribution in [3.05, 3.63) is 75.6 Å². The van der Waals surface area contributed by atoms with Gasteiger partial charge >= 0.3 is 5.97 Å². The molecule has 0 aliphatic carbocycles. The highest BCUT2D eigenvalue weighted by Crippen LogP contribution is 2.25. The predicted octanol–water partition coefficient (Wildman–Crippen LogP) is 2.99. The van der Waals surface area contributed by atoms with Crippen molar-refractivity contribution in [2.75, 3.05) is 20.3 Å². The summed E-state index contributed by atoms with van der Waals surface area (Å²) in [6.07, 6.45) is 1.28. The molecule has 4 rings (SSSR count). The molecule has 2 aromatic carbocycles. The van der Waals surface area contributed by atoms with Gasteiger partial charge in [0.2, 0.25) is 10.0 Å². The molecule has 1 aromatic heterocycles. The molecule has 0 amide bonds. The monoisotopic (exact) mass is 470 g/mol. The Kier molecular flexibility index (Phi) is 6.64. The van der Waals surface area contributed by atoms with Gasteiger partial charge in [-0.1, -0.05) is 23.8 Å². The fourth-order valence-corrected chi connectivity index (χ4v) is 5.68. The Morgan fingerprint density at radius 3 is 2.73 bits per heavy atom. The number of nitrogens with one attached hydrogen (secondary N) is 1. The summed E-state index contributed by atoms with van der Waals surface area (Å²) in [6, 6.07) is 13.3. The number of H-pyrrole nitrogens is 1. The lowest BCUT2D eigenvalue weighted by Gasteiger charge is -2.25. The van der Waals surface area contributed by atoms with Crippen molar-refractivity contribution in [3.63, 3.8) is 0 Å². The maximum Gasteiger partial charge on any atom is 0.339 e. The number of fused-ring (bicyclic) bond motifs is 1. The van der Waals surface area contributed by atoms with Crippen LogP contribution in [0.25, 0.3) is 10.9 Å². The number of aromatic nitrogens is 1. The molecule has 0 radical (unpaired) electrons. The topological polar surface area (TPSA) is 106 Å². The number of rotatable bonds is 7. The number of sulfonamides is 1. The average molecular weight is 471 g/mol. The van der Waals surface area contributed by atoms with Crippen molar-refractivity contribution in [2.24, 2.45) is 0 Å². The van der Waals surface area contributed by atoms with E-state index in [0.717, 1.165) is 23.8 Å². The number of methoxy groups -OCH3 is 1. The van der Waals surface area contributed by atoms with E-state index in [2.05, 4.69) is 4.98 Å². The number of ether oxygens (including phenoxy) is 2. The standard InChI is InChI=1S/C24H26N2O6S/c1-16-9-10-21-17(12-16)13-18(23(27)25-21)14-26(15-19-6-5-11-32-19)33(29,30)22-8-4-3-7-20(22)24(28)31-2/h3-4,7-10,12-13,19H,5-6,11,14-15H2,1-2H3,(H,25,27)/t19-/m1/s1. The van der Waals surface area contributed by atoms with Crippen LogP contribution < -0.4 is 5.56 Å². The maximum absolute atomic E-state index is 13.7. The van der Waals surface area contributed by atoms with Gasteiger partial charge in [0.25, 0.3) is 5.56 Å². The molecule has 0 spiro atoms. The summed E-state index contributed by atoms with van der Waals surface area (Å²) >= 11 is 0. The number of carbonyl (C=O) groups is 1. The van der Waals surface area contributed by atoms with E-state index < -0.39 is 16.0 Å². The summed E-state index contributed by atoms with van der Waals surface area (Å²) in [5, 5.41) is 0.814. The molecule has 1 fully saturated rings. The van der Waals surface area contributed by atoms with Crippen LogP contribution in [-0.4, -0.2) is 50.0 Å². The van der Waals surface area contributed by atoms with Gasteiger partial charge in [-0.2, -0.15) is 4.31 Å². The molecule has 1 aliphatic heterocycles. The summed E-state index contributed by atoms with van der Waals surface area (Å²) < 4.78 is 39.2. The molecule has 0 bridgehead atoms.